The van der Waals surface area contributed by atoms with Crippen molar-refractivity contribution in [2.45, 2.75) is 30.6 Å². The van der Waals surface area contributed by atoms with E-state index < -0.39 is 21.9 Å². The smallest absolute Gasteiger partial charge is 0.341 e. The minimum atomic E-state index is -3.78. The van der Waals surface area contributed by atoms with Crippen molar-refractivity contribution in [2.75, 3.05) is 26.0 Å². The van der Waals surface area contributed by atoms with Crippen LogP contribution < -0.4 is 5.32 Å². The van der Waals surface area contributed by atoms with E-state index in [0.717, 1.165) is 40.4 Å². The number of carbonyl (C=O) groups excluding carboxylic acids is 2. The van der Waals surface area contributed by atoms with Gasteiger partial charge in [-0.3, -0.25) is 4.79 Å². The van der Waals surface area contributed by atoms with E-state index in [2.05, 4.69) is 5.32 Å². The topological polar surface area (TPSA) is 92.8 Å². The summed E-state index contributed by atoms with van der Waals surface area (Å²) in [5.74, 6) is -0.995. The van der Waals surface area contributed by atoms with E-state index in [4.69, 9.17) is 4.74 Å². The molecule has 0 unspecified atom stereocenters. The second kappa shape index (κ2) is 8.42. The Labute approximate surface area is 168 Å². The highest BCUT2D eigenvalue weighted by molar-refractivity contribution is 7.89. The van der Waals surface area contributed by atoms with Crippen LogP contribution in [-0.4, -0.2) is 45.3 Å². The molecule has 0 radical (unpaired) electrons. The summed E-state index contributed by atoms with van der Waals surface area (Å²) in [6.45, 7) is -0.361. The second-order valence-corrected chi connectivity index (χ2v) is 9.68. The average molecular weight is 423 g/mol. The lowest BCUT2D eigenvalue weighted by Gasteiger charge is -2.17. The third-order valence-electron chi connectivity index (χ3n) is 4.63. The first-order valence-electron chi connectivity index (χ1n) is 8.88. The van der Waals surface area contributed by atoms with Gasteiger partial charge in [-0.2, -0.15) is 4.31 Å². The van der Waals surface area contributed by atoms with Gasteiger partial charge in [-0.15, -0.1) is 11.3 Å². The number of benzene rings is 1. The highest BCUT2D eigenvalue weighted by Crippen LogP contribution is 2.38. The van der Waals surface area contributed by atoms with Crippen LogP contribution in [0, 0.1) is 0 Å². The van der Waals surface area contributed by atoms with E-state index in [1.165, 1.54) is 37.6 Å². The molecule has 0 fully saturated rings. The first kappa shape index (κ1) is 20.5. The SMILES string of the molecule is COC(=O)c1c(NC(=O)CN(C)S(=O)(=O)c2ccccc2)sc2c1CCCC2. The maximum Gasteiger partial charge on any atom is 0.341 e. The molecule has 1 aliphatic carbocycles. The third kappa shape index (κ3) is 4.11. The Morgan fingerprint density at radius 1 is 1.18 bits per heavy atom. The van der Waals surface area contributed by atoms with Crippen LogP contribution in [0.4, 0.5) is 5.00 Å². The molecule has 3 rings (SSSR count). The number of sulfonamides is 1. The number of esters is 1. The summed E-state index contributed by atoms with van der Waals surface area (Å²) >= 11 is 1.36. The molecule has 0 saturated carbocycles. The number of amides is 1. The molecular weight excluding hydrogens is 400 g/mol. The molecule has 1 aromatic heterocycles. The number of nitrogens with one attached hydrogen (secondary N) is 1. The molecule has 1 amide bonds. The molecule has 9 heteroatoms. The second-order valence-electron chi connectivity index (χ2n) is 6.53. The van der Waals surface area contributed by atoms with Gasteiger partial charge in [0.2, 0.25) is 15.9 Å². The third-order valence-corrected chi connectivity index (χ3v) is 7.66. The minimum Gasteiger partial charge on any atom is -0.465 e. The predicted molar refractivity (Wildman–Crippen MR) is 107 cm³/mol. The number of hydrogen-bond donors (Lipinski definition) is 1. The molecule has 28 heavy (non-hydrogen) atoms. The van der Waals surface area contributed by atoms with Crippen LogP contribution >= 0.6 is 11.3 Å². The molecule has 0 spiro atoms. The first-order valence-corrected chi connectivity index (χ1v) is 11.1. The van der Waals surface area contributed by atoms with E-state index in [1.54, 1.807) is 18.2 Å². The van der Waals surface area contributed by atoms with Crippen molar-refractivity contribution in [3.8, 4) is 0 Å². The maximum atomic E-state index is 12.6. The number of nitrogens with zero attached hydrogens (tertiary/aromatic N) is 1. The number of methoxy groups -OCH3 is 1. The Bertz CT molecular complexity index is 983. The van der Waals surface area contributed by atoms with E-state index in [1.807, 2.05) is 0 Å². The van der Waals surface area contributed by atoms with Gasteiger partial charge >= 0.3 is 5.97 Å². The standard InChI is InChI=1S/C19H22N2O5S2/c1-21(28(24,25)13-8-4-3-5-9-13)12-16(22)20-18-17(19(23)26-2)14-10-6-7-11-15(14)27-18/h3-5,8-9H,6-7,10-12H2,1-2H3,(H,20,22). The van der Waals surface area contributed by atoms with Gasteiger partial charge in [0.15, 0.2) is 0 Å². The summed E-state index contributed by atoms with van der Waals surface area (Å²) in [7, 11) is -1.12. The molecule has 1 heterocycles. The number of ether oxygens (including phenoxy) is 1. The first-order chi connectivity index (χ1) is 13.3. The summed E-state index contributed by atoms with van der Waals surface area (Å²) in [5, 5.41) is 3.14. The van der Waals surface area contributed by atoms with Gasteiger partial charge in [-0.1, -0.05) is 18.2 Å². The number of hydrogen-bond acceptors (Lipinski definition) is 6. The Kier molecular flexibility index (Phi) is 6.17. The van der Waals surface area contributed by atoms with Gasteiger partial charge in [-0.05, 0) is 43.4 Å². The average Bonchev–Trinajstić information content (AvgIpc) is 3.05. The number of likely N-dealkylation sites (N-methyl/N-ethyl adjacent to an activating group) is 1. The highest BCUT2D eigenvalue weighted by atomic mass is 32.2. The highest BCUT2D eigenvalue weighted by Gasteiger charge is 2.28. The molecule has 150 valence electrons. The molecular formula is C19H22N2O5S2. The van der Waals surface area contributed by atoms with Crippen LogP contribution in [0.1, 0.15) is 33.6 Å². The van der Waals surface area contributed by atoms with Gasteiger partial charge in [0.25, 0.3) is 0 Å². The number of fused-ring (bicyclic) bond motifs is 1. The monoisotopic (exact) mass is 422 g/mol. The molecule has 1 N–H and O–H groups in total. The molecule has 1 aromatic carbocycles. The van der Waals surface area contributed by atoms with Crippen LogP contribution in [0.5, 0.6) is 0 Å². The number of anilines is 1. The Hall–Kier alpha value is -2.23. The molecule has 0 saturated heterocycles. The van der Waals surface area contributed by atoms with Crippen molar-refractivity contribution < 1.29 is 22.7 Å². The predicted octanol–water partition coefficient (Wildman–Crippen LogP) is 2.67. The van der Waals surface area contributed by atoms with Crippen molar-refractivity contribution in [2.24, 2.45) is 0 Å². The summed E-state index contributed by atoms with van der Waals surface area (Å²) in [4.78, 5) is 26.0. The molecule has 2 aromatic rings. The lowest BCUT2D eigenvalue weighted by Crippen LogP contribution is -2.35. The fraction of sp³-hybridized carbons (Fsp3) is 0.368. The molecule has 0 atom stereocenters. The van der Waals surface area contributed by atoms with E-state index in [9.17, 15) is 18.0 Å². The Morgan fingerprint density at radius 3 is 2.54 bits per heavy atom. The zero-order valence-electron chi connectivity index (χ0n) is 15.7. The van der Waals surface area contributed by atoms with Gasteiger partial charge in [0.05, 0.1) is 24.1 Å². The van der Waals surface area contributed by atoms with E-state index >= 15 is 0 Å². The normalized spacial score (nSPS) is 13.8. The Morgan fingerprint density at radius 2 is 1.86 bits per heavy atom. The van der Waals surface area contributed by atoms with Gasteiger partial charge < -0.3 is 10.1 Å². The number of rotatable bonds is 6. The van der Waals surface area contributed by atoms with E-state index in [-0.39, 0.29) is 11.4 Å². The largest absolute Gasteiger partial charge is 0.465 e. The fourth-order valence-corrected chi connectivity index (χ4v) is 5.64. The fourth-order valence-electron chi connectivity index (χ4n) is 3.20. The zero-order chi connectivity index (χ0) is 20.3. The lowest BCUT2D eigenvalue weighted by molar-refractivity contribution is -0.116. The molecule has 1 aliphatic rings. The van der Waals surface area contributed by atoms with Crippen molar-refractivity contribution in [1.29, 1.82) is 0 Å². The summed E-state index contributed by atoms with van der Waals surface area (Å²) < 4.78 is 31.0. The maximum absolute atomic E-state index is 12.6. The number of aryl methyl sites for hydroxylation is 1. The van der Waals surface area contributed by atoms with Crippen LogP contribution in [-0.2, 0) is 32.4 Å². The molecule has 7 nitrogen and oxygen atoms in total. The van der Waals surface area contributed by atoms with Crippen LogP contribution in [0.3, 0.4) is 0 Å². The van der Waals surface area contributed by atoms with Crippen LogP contribution in [0.15, 0.2) is 35.2 Å². The lowest BCUT2D eigenvalue weighted by atomic mass is 9.95. The summed E-state index contributed by atoms with van der Waals surface area (Å²) in [5.41, 5.74) is 1.33. The van der Waals surface area contributed by atoms with E-state index in [0.29, 0.717) is 10.6 Å². The van der Waals surface area contributed by atoms with Crippen molar-refractivity contribution in [1.82, 2.24) is 4.31 Å². The van der Waals surface area contributed by atoms with Crippen molar-refractivity contribution in [3.63, 3.8) is 0 Å². The van der Waals surface area contributed by atoms with Crippen LogP contribution in [0.25, 0.3) is 0 Å². The van der Waals surface area contributed by atoms with Crippen LogP contribution in [0.2, 0.25) is 0 Å². The number of thiophene rings is 1. The Balaban J connectivity index is 1.78. The molecule has 0 aliphatic heterocycles. The minimum absolute atomic E-state index is 0.118. The number of carbonyl (C=O) groups is 2. The van der Waals surface area contributed by atoms with Crippen molar-refractivity contribution in [3.05, 3.63) is 46.3 Å². The van der Waals surface area contributed by atoms with Gasteiger partial charge in [-0.25, -0.2) is 13.2 Å². The zero-order valence-corrected chi connectivity index (χ0v) is 17.4. The van der Waals surface area contributed by atoms with Crippen molar-refractivity contribution >= 4 is 38.2 Å². The quantitative estimate of drug-likeness (QED) is 0.723. The van der Waals surface area contributed by atoms with Gasteiger partial charge in [0, 0.05) is 11.9 Å². The molecule has 0 bridgehead atoms. The summed E-state index contributed by atoms with van der Waals surface area (Å²) in [6.07, 6.45) is 3.66. The van der Waals surface area contributed by atoms with Gasteiger partial charge in [0.1, 0.15) is 5.00 Å². The summed E-state index contributed by atoms with van der Waals surface area (Å²) in [6, 6.07) is 7.93.